The molecule has 0 saturated heterocycles. The highest BCUT2D eigenvalue weighted by Gasteiger charge is 1.94. The van der Waals surface area contributed by atoms with Gasteiger partial charge in [0.2, 0.25) is 0 Å². The van der Waals surface area contributed by atoms with Crippen molar-refractivity contribution in [2.75, 3.05) is 0 Å². The Bertz CT molecular complexity index is 360. The predicted molar refractivity (Wildman–Crippen MR) is 144 cm³/mol. The summed E-state index contributed by atoms with van der Waals surface area (Å²) in [5.41, 5.74) is 3.41. The van der Waals surface area contributed by atoms with Crippen LogP contribution in [0.1, 0.15) is 181 Å². The molecule has 31 heavy (non-hydrogen) atoms. The Morgan fingerprint density at radius 3 is 0.806 bits per heavy atom. The topological polar surface area (TPSA) is 0 Å². The number of unbranched alkanes of at least 4 members (excludes halogenated alkanes) is 24. The monoisotopic (exact) mass is 432 g/mol. The van der Waals surface area contributed by atoms with Crippen molar-refractivity contribution in [3.05, 3.63) is 17.9 Å². The first-order valence-corrected chi connectivity index (χ1v) is 14.8. The third-order valence-corrected chi connectivity index (χ3v) is 6.64. The summed E-state index contributed by atoms with van der Waals surface area (Å²) in [5.74, 6) is 0. The van der Waals surface area contributed by atoms with Crippen molar-refractivity contribution in [1.82, 2.24) is 0 Å². The number of hydrogen-bond acceptors (Lipinski definition) is 0. The second kappa shape index (κ2) is 29.5. The quantitative estimate of drug-likeness (QED) is 0.0941. The summed E-state index contributed by atoms with van der Waals surface area (Å²) in [5, 5.41) is 0. The van der Waals surface area contributed by atoms with E-state index < -0.39 is 0 Å². The summed E-state index contributed by atoms with van der Waals surface area (Å²) in [6.07, 6.45) is 41.5. The molecule has 0 N–H and O–H groups in total. The highest BCUT2D eigenvalue weighted by atomic mass is 14.0. The van der Waals surface area contributed by atoms with E-state index in [0.717, 1.165) is 0 Å². The lowest BCUT2D eigenvalue weighted by Crippen LogP contribution is -1.83. The van der Waals surface area contributed by atoms with Crippen LogP contribution in [0, 0.1) is 0 Å². The van der Waals surface area contributed by atoms with Crippen molar-refractivity contribution in [3.8, 4) is 0 Å². The van der Waals surface area contributed by atoms with Crippen LogP contribution in [0.2, 0.25) is 0 Å². The van der Waals surface area contributed by atoms with E-state index in [1.165, 1.54) is 167 Å². The molecule has 0 aromatic rings. The van der Waals surface area contributed by atoms with Crippen LogP contribution in [-0.4, -0.2) is 0 Å². The van der Waals surface area contributed by atoms with Crippen molar-refractivity contribution in [2.45, 2.75) is 181 Å². The van der Waals surface area contributed by atoms with Crippen LogP contribution < -0.4 is 0 Å². The summed E-state index contributed by atoms with van der Waals surface area (Å²) >= 11 is 0. The maximum Gasteiger partial charge on any atom is -0.0274 e. The first-order valence-electron chi connectivity index (χ1n) is 14.8. The number of allylic oxidation sites excluding steroid dienone is 1. The summed E-state index contributed by atoms with van der Waals surface area (Å²) in [6, 6.07) is 0. The van der Waals surface area contributed by atoms with E-state index in [4.69, 9.17) is 0 Å². The summed E-state index contributed by atoms with van der Waals surface area (Å²) in [7, 11) is 0. The van der Waals surface area contributed by atoms with Gasteiger partial charge in [-0.1, -0.05) is 155 Å². The van der Waals surface area contributed by atoms with Gasteiger partial charge in [-0.25, -0.2) is 0 Å². The summed E-state index contributed by atoms with van der Waals surface area (Å²) in [4.78, 5) is 0. The van der Waals surface area contributed by atoms with Gasteiger partial charge in [0.05, 0.1) is 0 Å². The molecule has 0 aromatic carbocycles. The van der Waals surface area contributed by atoms with Crippen LogP contribution in [0.25, 0.3) is 0 Å². The standard InChI is InChI=1S/C31H60/c1-3-5-7-9-11-13-15-17-19-21-23-25-27-29-31-30-28-26-24-22-20-18-16-14-12-10-8-6-4-2/h21,25H,3-20,22,24,26-31H2,1-2H3. The van der Waals surface area contributed by atoms with Gasteiger partial charge in [0, 0.05) is 0 Å². The predicted octanol–water partition coefficient (Wildman–Crippen LogP) is 11.9. The van der Waals surface area contributed by atoms with Crippen LogP contribution in [0.3, 0.4) is 0 Å². The molecule has 0 aliphatic heterocycles. The molecule has 0 radical (unpaired) electrons. The Morgan fingerprint density at radius 1 is 0.323 bits per heavy atom. The zero-order valence-electron chi connectivity index (χ0n) is 22.0. The molecule has 0 amide bonds. The van der Waals surface area contributed by atoms with E-state index in [1.807, 2.05) is 0 Å². The first kappa shape index (κ1) is 30.5. The van der Waals surface area contributed by atoms with Gasteiger partial charge < -0.3 is 0 Å². The Morgan fingerprint density at radius 2 is 0.548 bits per heavy atom. The minimum Gasteiger partial charge on any atom is -0.130 e. The van der Waals surface area contributed by atoms with Crippen molar-refractivity contribution in [3.63, 3.8) is 0 Å². The zero-order valence-corrected chi connectivity index (χ0v) is 22.0. The van der Waals surface area contributed by atoms with Crippen LogP contribution in [-0.2, 0) is 0 Å². The minimum absolute atomic E-state index is 1.23. The summed E-state index contributed by atoms with van der Waals surface area (Å²) in [6.45, 7) is 4.59. The first-order chi connectivity index (χ1) is 15.4. The SMILES string of the molecule is CCCCCCCCCCC=C=CCCCCCCCCCCCCCCCCCC. The van der Waals surface area contributed by atoms with Crippen LogP contribution >= 0.6 is 0 Å². The average Bonchev–Trinajstić information content (AvgIpc) is 2.78. The molecular formula is C31H60. The molecule has 0 aliphatic rings. The molecule has 0 heteroatoms. The molecule has 0 saturated carbocycles. The van der Waals surface area contributed by atoms with Crippen LogP contribution in [0.5, 0.6) is 0 Å². The molecule has 0 fully saturated rings. The van der Waals surface area contributed by atoms with Gasteiger partial charge >= 0.3 is 0 Å². The number of rotatable bonds is 26. The highest BCUT2D eigenvalue weighted by Crippen LogP contribution is 2.14. The third kappa shape index (κ3) is 29.5. The van der Waals surface area contributed by atoms with Gasteiger partial charge in [-0.2, -0.15) is 0 Å². The van der Waals surface area contributed by atoms with E-state index in [1.54, 1.807) is 0 Å². The fourth-order valence-corrected chi connectivity index (χ4v) is 4.42. The van der Waals surface area contributed by atoms with E-state index in [-0.39, 0.29) is 0 Å². The molecular weight excluding hydrogens is 372 g/mol. The van der Waals surface area contributed by atoms with E-state index in [2.05, 4.69) is 31.7 Å². The molecule has 0 aliphatic carbocycles. The molecule has 0 nitrogen and oxygen atoms in total. The Balaban J connectivity index is 3.13. The van der Waals surface area contributed by atoms with Crippen LogP contribution in [0.15, 0.2) is 17.9 Å². The molecule has 0 heterocycles. The normalized spacial score (nSPS) is 10.9. The lowest BCUT2D eigenvalue weighted by Gasteiger charge is -2.03. The van der Waals surface area contributed by atoms with Gasteiger partial charge in [0.1, 0.15) is 0 Å². The lowest BCUT2D eigenvalue weighted by atomic mass is 10.0. The smallest absolute Gasteiger partial charge is 0.0274 e. The lowest BCUT2D eigenvalue weighted by molar-refractivity contribution is 0.530. The maximum absolute atomic E-state index is 3.41. The van der Waals surface area contributed by atoms with Crippen LogP contribution in [0.4, 0.5) is 0 Å². The fourth-order valence-electron chi connectivity index (χ4n) is 4.42. The van der Waals surface area contributed by atoms with Crippen molar-refractivity contribution < 1.29 is 0 Å². The molecule has 0 bridgehead atoms. The molecule has 0 atom stereocenters. The molecule has 0 aromatic heterocycles. The van der Waals surface area contributed by atoms with Gasteiger partial charge in [-0.3, -0.25) is 0 Å². The molecule has 0 unspecified atom stereocenters. The second-order valence-electron chi connectivity index (χ2n) is 9.93. The summed E-state index contributed by atoms with van der Waals surface area (Å²) < 4.78 is 0. The number of hydrogen-bond donors (Lipinski definition) is 0. The van der Waals surface area contributed by atoms with Gasteiger partial charge in [-0.15, -0.1) is 5.73 Å². The second-order valence-corrected chi connectivity index (χ2v) is 9.93. The Labute approximate surface area is 198 Å². The minimum atomic E-state index is 1.23. The highest BCUT2D eigenvalue weighted by molar-refractivity contribution is 4.84. The van der Waals surface area contributed by atoms with Gasteiger partial charge in [0.15, 0.2) is 0 Å². The zero-order chi connectivity index (χ0) is 22.5. The van der Waals surface area contributed by atoms with Gasteiger partial charge in [0.25, 0.3) is 0 Å². The molecule has 0 rings (SSSR count). The van der Waals surface area contributed by atoms with Crippen molar-refractivity contribution in [2.24, 2.45) is 0 Å². The van der Waals surface area contributed by atoms with E-state index in [9.17, 15) is 0 Å². The Hall–Kier alpha value is -0.480. The average molecular weight is 433 g/mol. The largest absolute Gasteiger partial charge is 0.130 e. The van der Waals surface area contributed by atoms with Gasteiger partial charge in [-0.05, 0) is 37.8 Å². The molecule has 0 spiro atoms. The maximum atomic E-state index is 3.41. The fraction of sp³-hybridized carbons (Fsp3) is 0.903. The van der Waals surface area contributed by atoms with E-state index in [0.29, 0.717) is 0 Å². The van der Waals surface area contributed by atoms with Crippen molar-refractivity contribution in [1.29, 1.82) is 0 Å². The third-order valence-electron chi connectivity index (χ3n) is 6.64. The van der Waals surface area contributed by atoms with E-state index >= 15 is 0 Å². The molecule has 184 valence electrons. The Kier molecular flexibility index (Phi) is 29.1. The van der Waals surface area contributed by atoms with Crippen molar-refractivity contribution >= 4 is 0 Å².